The molecule has 0 aliphatic heterocycles. The van der Waals surface area contributed by atoms with Gasteiger partial charge in [0.15, 0.2) is 0 Å². The van der Waals surface area contributed by atoms with Crippen LogP contribution in [0.25, 0.3) is 11.3 Å². The molecule has 0 saturated carbocycles. The first-order valence-electron chi connectivity index (χ1n) is 8.51. The van der Waals surface area contributed by atoms with E-state index in [1.165, 1.54) is 4.88 Å². The maximum atomic E-state index is 12.3. The van der Waals surface area contributed by atoms with Crippen LogP contribution in [0.3, 0.4) is 0 Å². The fraction of sp³-hybridized carbons (Fsp3) is 0.250. The molecule has 0 spiro atoms. The van der Waals surface area contributed by atoms with Gasteiger partial charge in [0.2, 0.25) is 0 Å². The van der Waals surface area contributed by atoms with Gasteiger partial charge in [-0.3, -0.25) is 9.78 Å². The molecule has 0 bridgehead atoms. The van der Waals surface area contributed by atoms with Gasteiger partial charge in [-0.05, 0) is 49.6 Å². The number of hydrogen-bond acceptors (Lipinski definition) is 5. The zero-order valence-corrected chi connectivity index (χ0v) is 15.4. The number of aromatic nitrogens is 2. The molecule has 3 aromatic rings. The Kier molecular flexibility index (Phi) is 6.09. The van der Waals surface area contributed by atoms with Crippen LogP contribution in [0.1, 0.15) is 32.9 Å². The van der Waals surface area contributed by atoms with E-state index < -0.39 is 0 Å². The Labute approximate surface area is 156 Å². The highest BCUT2D eigenvalue weighted by atomic mass is 32.1. The van der Waals surface area contributed by atoms with E-state index in [2.05, 4.69) is 15.3 Å². The fourth-order valence-electron chi connectivity index (χ4n) is 2.64. The highest BCUT2D eigenvalue weighted by Gasteiger charge is 2.07. The highest BCUT2D eigenvalue weighted by molar-refractivity contribution is 7.09. The first-order chi connectivity index (χ1) is 12.7. The number of amides is 1. The average molecular weight is 367 g/mol. The van der Waals surface area contributed by atoms with Crippen molar-refractivity contribution in [2.75, 3.05) is 6.54 Å². The van der Waals surface area contributed by atoms with Crippen molar-refractivity contribution in [3.8, 4) is 11.3 Å². The van der Waals surface area contributed by atoms with E-state index in [0.717, 1.165) is 35.4 Å². The zero-order valence-electron chi connectivity index (χ0n) is 14.6. The lowest BCUT2D eigenvalue weighted by atomic mass is 10.1. The van der Waals surface area contributed by atoms with Crippen molar-refractivity contribution in [3.63, 3.8) is 0 Å². The number of benzene rings is 1. The quantitative estimate of drug-likeness (QED) is 0.628. The van der Waals surface area contributed by atoms with Crippen molar-refractivity contribution in [1.82, 2.24) is 15.3 Å². The van der Waals surface area contributed by atoms with Crippen LogP contribution >= 0.6 is 11.3 Å². The molecule has 134 valence electrons. The van der Waals surface area contributed by atoms with Crippen molar-refractivity contribution in [3.05, 3.63) is 69.8 Å². The highest BCUT2D eigenvalue weighted by Crippen LogP contribution is 2.19. The van der Waals surface area contributed by atoms with E-state index in [1.807, 2.05) is 30.6 Å². The number of pyridine rings is 1. The lowest BCUT2D eigenvalue weighted by Gasteiger charge is -2.07. The molecular formula is C20H21N3O2S. The van der Waals surface area contributed by atoms with Crippen LogP contribution in [-0.2, 0) is 13.0 Å². The lowest BCUT2D eigenvalue weighted by molar-refractivity contribution is 0.0953. The van der Waals surface area contributed by atoms with Gasteiger partial charge >= 0.3 is 0 Å². The molecule has 2 N–H and O–H groups in total. The van der Waals surface area contributed by atoms with E-state index >= 15 is 0 Å². The molecule has 0 saturated heterocycles. The van der Waals surface area contributed by atoms with Crippen LogP contribution in [0.5, 0.6) is 0 Å². The molecule has 1 amide bonds. The lowest BCUT2D eigenvalue weighted by Crippen LogP contribution is -2.24. The Morgan fingerprint density at radius 2 is 2.00 bits per heavy atom. The molecule has 6 heteroatoms. The van der Waals surface area contributed by atoms with Crippen LogP contribution in [0, 0.1) is 6.92 Å². The van der Waals surface area contributed by atoms with Gasteiger partial charge in [0.05, 0.1) is 23.5 Å². The Morgan fingerprint density at radius 1 is 1.19 bits per heavy atom. The van der Waals surface area contributed by atoms with Crippen LogP contribution < -0.4 is 5.32 Å². The minimum Gasteiger partial charge on any atom is -0.392 e. The minimum atomic E-state index is -0.0744. The van der Waals surface area contributed by atoms with E-state index in [0.29, 0.717) is 12.1 Å². The fourth-order valence-corrected chi connectivity index (χ4v) is 3.47. The molecule has 0 fully saturated rings. The summed E-state index contributed by atoms with van der Waals surface area (Å²) in [6.07, 6.45) is 3.50. The summed E-state index contributed by atoms with van der Waals surface area (Å²) in [5.74, 6) is -0.0744. The Bertz CT molecular complexity index is 875. The molecule has 3 rings (SSSR count). The number of carbonyl (C=O) groups is 1. The number of aryl methyl sites for hydroxylation is 2. The van der Waals surface area contributed by atoms with Gasteiger partial charge in [-0.1, -0.05) is 12.1 Å². The number of nitrogens with zero attached hydrogens (tertiary/aromatic N) is 2. The third kappa shape index (κ3) is 4.53. The van der Waals surface area contributed by atoms with Gasteiger partial charge in [0.1, 0.15) is 0 Å². The molecule has 26 heavy (non-hydrogen) atoms. The van der Waals surface area contributed by atoms with E-state index in [9.17, 15) is 9.90 Å². The third-order valence-electron chi connectivity index (χ3n) is 4.16. The van der Waals surface area contributed by atoms with Crippen molar-refractivity contribution < 1.29 is 9.90 Å². The van der Waals surface area contributed by atoms with Crippen LogP contribution in [0.2, 0.25) is 0 Å². The summed E-state index contributed by atoms with van der Waals surface area (Å²) in [4.78, 5) is 22.1. The number of aliphatic hydroxyl groups is 1. The van der Waals surface area contributed by atoms with Gasteiger partial charge in [-0.25, -0.2) is 4.98 Å². The monoisotopic (exact) mass is 367 g/mol. The number of nitrogens with one attached hydrogen (secondary N) is 1. The maximum absolute atomic E-state index is 12.3. The molecule has 0 aliphatic rings. The summed E-state index contributed by atoms with van der Waals surface area (Å²) in [6.45, 7) is 2.63. The van der Waals surface area contributed by atoms with Gasteiger partial charge in [0, 0.05) is 28.7 Å². The third-order valence-corrected chi connectivity index (χ3v) is 5.16. The molecule has 2 heterocycles. The van der Waals surface area contributed by atoms with Gasteiger partial charge in [-0.15, -0.1) is 11.3 Å². The molecule has 0 unspecified atom stereocenters. The van der Waals surface area contributed by atoms with Crippen molar-refractivity contribution >= 4 is 17.2 Å². The van der Waals surface area contributed by atoms with Gasteiger partial charge in [0.25, 0.3) is 5.91 Å². The van der Waals surface area contributed by atoms with Crippen LogP contribution in [0.4, 0.5) is 0 Å². The summed E-state index contributed by atoms with van der Waals surface area (Å²) < 4.78 is 0. The van der Waals surface area contributed by atoms with E-state index in [1.54, 1.807) is 35.7 Å². The molecule has 0 radical (unpaired) electrons. The van der Waals surface area contributed by atoms with Gasteiger partial charge < -0.3 is 10.4 Å². The van der Waals surface area contributed by atoms with Gasteiger partial charge in [-0.2, -0.15) is 0 Å². The second-order valence-corrected chi connectivity index (χ2v) is 6.94. The van der Waals surface area contributed by atoms with Crippen molar-refractivity contribution in [2.45, 2.75) is 26.4 Å². The molecule has 0 aliphatic carbocycles. The van der Waals surface area contributed by atoms with Crippen LogP contribution in [0.15, 0.2) is 48.1 Å². The molecule has 5 nitrogen and oxygen atoms in total. The first-order valence-corrected chi connectivity index (χ1v) is 9.38. The molecular weight excluding hydrogens is 346 g/mol. The Balaban J connectivity index is 1.54. The Hall–Kier alpha value is -2.57. The molecule has 1 aromatic carbocycles. The largest absolute Gasteiger partial charge is 0.392 e. The maximum Gasteiger partial charge on any atom is 0.251 e. The SMILES string of the molecule is Cc1ncsc1CCCNC(=O)c1ccc(-c2cc(CO)ccn2)cc1. The van der Waals surface area contributed by atoms with E-state index in [4.69, 9.17) is 0 Å². The standard InChI is InChI=1S/C20H21N3O2S/c1-14-19(26-13-23-14)3-2-9-22-20(25)17-6-4-16(5-7-17)18-11-15(12-24)8-10-21-18/h4-8,10-11,13,24H,2-3,9,12H2,1H3,(H,22,25). The predicted octanol–water partition coefficient (Wildman–Crippen LogP) is 3.37. The number of aliphatic hydroxyl groups excluding tert-OH is 1. The van der Waals surface area contributed by atoms with Crippen molar-refractivity contribution in [2.24, 2.45) is 0 Å². The van der Waals surface area contributed by atoms with Crippen molar-refractivity contribution in [1.29, 1.82) is 0 Å². The molecule has 0 atom stereocenters. The predicted molar refractivity (Wildman–Crippen MR) is 103 cm³/mol. The summed E-state index contributed by atoms with van der Waals surface area (Å²) in [7, 11) is 0. The zero-order chi connectivity index (χ0) is 18.4. The first kappa shape index (κ1) is 18.2. The summed E-state index contributed by atoms with van der Waals surface area (Å²) in [5, 5.41) is 12.2. The second kappa shape index (κ2) is 8.69. The summed E-state index contributed by atoms with van der Waals surface area (Å²) >= 11 is 1.66. The number of thiazole rings is 1. The van der Waals surface area contributed by atoms with E-state index in [-0.39, 0.29) is 12.5 Å². The summed E-state index contributed by atoms with van der Waals surface area (Å²) in [6, 6.07) is 11.0. The summed E-state index contributed by atoms with van der Waals surface area (Å²) in [5.41, 5.74) is 6.07. The Morgan fingerprint density at radius 3 is 2.69 bits per heavy atom. The molecule has 2 aromatic heterocycles. The minimum absolute atomic E-state index is 0.0168. The normalized spacial score (nSPS) is 10.7. The topological polar surface area (TPSA) is 75.1 Å². The second-order valence-electron chi connectivity index (χ2n) is 6.01. The van der Waals surface area contributed by atoms with Crippen LogP contribution in [-0.4, -0.2) is 27.5 Å². The number of hydrogen-bond donors (Lipinski definition) is 2. The number of carbonyl (C=O) groups excluding carboxylic acids is 1. The smallest absolute Gasteiger partial charge is 0.251 e. The average Bonchev–Trinajstić information content (AvgIpc) is 3.10. The number of rotatable bonds is 7.